The van der Waals surface area contributed by atoms with E-state index in [1.807, 2.05) is 4.90 Å². The molecule has 0 bridgehead atoms. The van der Waals surface area contributed by atoms with E-state index in [9.17, 15) is 9.59 Å². The zero-order valence-electron chi connectivity index (χ0n) is 15.7. The molecule has 142 valence electrons. The number of benzene rings is 1. The van der Waals surface area contributed by atoms with Crippen LogP contribution in [0.5, 0.6) is 5.75 Å². The summed E-state index contributed by atoms with van der Waals surface area (Å²) in [6, 6.07) is 10.7. The molecule has 6 heteroatoms. The van der Waals surface area contributed by atoms with Crippen LogP contribution in [0.15, 0.2) is 48.8 Å². The van der Waals surface area contributed by atoms with Crippen LogP contribution >= 0.6 is 0 Å². The number of anilines is 1. The first-order valence-corrected chi connectivity index (χ1v) is 9.30. The lowest BCUT2D eigenvalue weighted by molar-refractivity contribution is -0.139. The molecule has 1 aliphatic rings. The van der Waals surface area contributed by atoms with E-state index < -0.39 is 0 Å². The summed E-state index contributed by atoms with van der Waals surface area (Å²) in [7, 11) is 0. The zero-order valence-corrected chi connectivity index (χ0v) is 15.7. The lowest BCUT2D eigenvalue weighted by Gasteiger charge is -2.38. The topological polar surface area (TPSA) is 71.5 Å². The maximum absolute atomic E-state index is 12.5. The molecule has 1 fully saturated rings. The molecule has 2 atom stereocenters. The van der Waals surface area contributed by atoms with Crippen molar-refractivity contribution in [2.75, 3.05) is 11.9 Å². The van der Waals surface area contributed by atoms with Crippen molar-refractivity contribution < 1.29 is 14.3 Å². The molecule has 2 amide bonds. The summed E-state index contributed by atoms with van der Waals surface area (Å²) in [5.41, 5.74) is 1.20. The summed E-state index contributed by atoms with van der Waals surface area (Å²) >= 11 is 0. The second-order valence-corrected chi connectivity index (χ2v) is 6.93. The van der Waals surface area contributed by atoms with Gasteiger partial charge >= 0.3 is 0 Å². The zero-order chi connectivity index (χ0) is 19.2. The third-order valence-electron chi connectivity index (χ3n) is 4.90. The largest absolute Gasteiger partial charge is 0.484 e. The van der Waals surface area contributed by atoms with Gasteiger partial charge in [-0.3, -0.25) is 14.6 Å². The van der Waals surface area contributed by atoms with Crippen LogP contribution in [0.25, 0.3) is 0 Å². The Hall–Kier alpha value is -2.89. The average Bonchev–Trinajstić information content (AvgIpc) is 2.67. The number of hydrogen-bond acceptors (Lipinski definition) is 4. The standard InChI is InChI=1S/C21H25N3O3/c1-15-4-3-5-16(2)24(15)20(25)14-27-19-8-6-17(7-9-19)21(26)23-18-10-12-22-13-11-18/h6-13,15-16H,3-5,14H2,1-2H3,(H,22,23,26)/t15-,16-/m1/s1. The number of nitrogens with zero attached hydrogens (tertiary/aromatic N) is 2. The van der Waals surface area contributed by atoms with Gasteiger partial charge in [-0.15, -0.1) is 0 Å². The van der Waals surface area contributed by atoms with Crippen molar-refractivity contribution in [3.05, 3.63) is 54.4 Å². The van der Waals surface area contributed by atoms with E-state index in [0.717, 1.165) is 19.3 Å². The minimum Gasteiger partial charge on any atom is -0.484 e. The molecule has 0 saturated carbocycles. The Kier molecular flexibility index (Phi) is 6.06. The molecule has 3 rings (SSSR count). The fourth-order valence-electron chi connectivity index (χ4n) is 3.47. The first-order valence-electron chi connectivity index (χ1n) is 9.30. The highest BCUT2D eigenvalue weighted by Gasteiger charge is 2.28. The maximum atomic E-state index is 12.5. The van der Waals surface area contributed by atoms with E-state index in [1.165, 1.54) is 0 Å². The van der Waals surface area contributed by atoms with Gasteiger partial charge in [0.25, 0.3) is 11.8 Å². The predicted molar refractivity (Wildman–Crippen MR) is 104 cm³/mol. The Bertz CT molecular complexity index is 767. The quantitative estimate of drug-likeness (QED) is 0.878. The van der Waals surface area contributed by atoms with E-state index in [2.05, 4.69) is 24.1 Å². The van der Waals surface area contributed by atoms with Crippen molar-refractivity contribution in [1.82, 2.24) is 9.88 Å². The van der Waals surface area contributed by atoms with E-state index in [-0.39, 0.29) is 30.5 Å². The van der Waals surface area contributed by atoms with Crippen LogP contribution in [-0.2, 0) is 4.79 Å². The van der Waals surface area contributed by atoms with Crippen LogP contribution in [0.1, 0.15) is 43.5 Å². The molecule has 27 heavy (non-hydrogen) atoms. The number of nitrogens with one attached hydrogen (secondary N) is 1. The van der Waals surface area contributed by atoms with Gasteiger partial charge < -0.3 is 15.0 Å². The van der Waals surface area contributed by atoms with Crippen LogP contribution in [0.2, 0.25) is 0 Å². The number of piperidine rings is 1. The van der Waals surface area contributed by atoms with Crippen molar-refractivity contribution >= 4 is 17.5 Å². The van der Waals surface area contributed by atoms with Gasteiger partial charge in [0.2, 0.25) is 0 Å². The third-order valence-corrected chi connectivity index (χ3v) is 4.90. The Labute approximate surface area is 159 Å². The fraction of sp³-hybridized carbons (Fsp3) is 0.381. The second kappa shape index (κ2) is 8.66. The number of ether oxygens (including phenoxy) is 1. The highest BCUT2D eigenvalue weighted by atomic mass is 16.5. The molecular weight excluding hydrogens is 342 g/mol. The molecule has 1 aromatic heterocycles. The number of carbonyl (C=O) groups excluding carboxylic acids is 2. The van der Waals surface area contributed by atoms with Gasteiger partial charge in [-0.25, -0.2) is 0 Å². The molecule has 0 spiro atoms. The van der Waals surface area contributed by atoms with Crippen LogP contribution in [-0.4, -0.2) is 40.4 Å². The van der Waals surface area contributed by atoms with Crippen LogP contribution in [0.3, 0.4) is 0 Å². The molecule has 0 radical (unpaired) electrons. The third kappa shape index (κ3) is 4.84. The van der Waals surface area contributed by atoms with E-state index in [1.54, 1.807) is 48.8 Å². The van der Waals surface area contributed by atoms with Crippen molar-refractivity contribution in [1.29, 1.82) is 0 Å². The van der Waals surface area contributed by atoms with Crippen molar-refractivity contribution in [2.24, 2.45) is 0 Å². The number of aromatic nitrogens is 1. The molecular formula is C21H25N3O3. The smallest absolute Gasteiger partial charge is 0.260 e. The van der Waals surface area contributed by atoms with Crippen LogP contribution in [0, 0.1) is 0 Å². The summed E-state index contributed by atoms with van der Waals surface area (Å²) in [6.45, 7) is 4.19. The van der Waals surface area contributed by atoms with Gasteiger partial charge in [-0.2, -0.15) is 0 Å². The number of likely N-dealkylation sites (tertiary alicyclic amines) is 1. The normalized spacial score (nSPS) is 19.4. The summed E-state index contributed by atoms with van der Waals surface area (Å²) in [6.07, 6.45) is 6.48. The highest BCUT2D eigenvalue weighted by Crippen LogP contribution is 2.23. The monoisotopic (exact) mass is 367 g/mol. The molecule has 1 aliphatic heterocycles. The van der Waals surface area contributed by atoms with Gasteiger partial charge in [0.1, 0.15) is 5.75 Å². The molecule has 2 heterocycles. The Balaban J connectivity index is 1.54. The predicted octanol–water partition coefficient (Wildman–Crippen LogP) is 3.50. The van der Waals surface area contributed by atoms with Gasteiger partial charge in [0.05, 0.1) is 0 Å². The van der Waals surface area contributed by atoms with Gasteiger partial charge in [-0.1, -0.05) is 0 Å². The lowest BCUT2D eigenvalue weighted by Crippen LogP contribution is -2.49. The Morgan fingerprint density at radius 2 is 1.70 bits per heavy atom. The molecule has 1 aromatic carbocycles. The minimum absolute atomic E-state index is 0.00852. The molecule has 1 saturated heterocycles. The second-order valence-electron chi connectivity index (χ2n) is 6.93. The molecule has 1 N–H and O–H groups in total. The van der Waals surface area contributed by atoms with Crippen molar-refractivity contribution in [3.63, 3.8) is 0 Å². The maximum Gasteiger partial charge on any atom is 0.260 e. The first kappa shape index (κ1) is 18.9. The fourth-order valence-corrected chi connectivity index (χ4v) is 3.47. The van der Waals surface area contributed by atoms with E-state index >= 15 is 0 Å². The molecule has 2 aromatic rings. The lowest BCUT2D eigenvalue weighted by atomic mass is 9.97. The number of pyridine rings is 1. The summed E-state index contributed by atoms with van der Waals surface area (Å²) in [5, 5.41) is 2.80. The van der Waals surface area contributed by atoms with Crippen LogP contribution < -0.4 is 10.1 Å². The Morgan fingerprint density at radius 3 is 2.33 bits per heavy atom. The number of rotatable bonds is 5. The molecule has 0 aliphatic carbocycles. The number of amides is 2. The first-order chi connectivity index (χ1) is 13.0. The summed E-state index contributed by atoms with van der Waals surface area (Å²) < 4.78 is 5.64. The van der Waals surface area contributed by atoms with Crippen molar-refractivity contribution in [3.8, 4) is 5.75 Å². The average molecular weight is 367 g/mol. The van der Waals surface area contributed by atoms with E-state index in [4.69, 9.17) is 4.74 Å². The molecule has 0 unspecified atom stereocenters. The molecule has 6 nitrogen and oxygen atoms in total. The minimum atomic E-state index is -0.209. The summed E-state index contributed by atoms with van der Waals surface area (Å²) in [5.74, 6) is 0.370. The Morgan fingerprint density at radius 1 is 1.07 bits per heavy atom. The summed E-state index contributed by atoms with van der Waals surface area (Å²) in [4.78, 5) is 30.6. The van der Waals surface area contributed by atoms with Gasteiger partial charge in [0, 0.05) is 35.7 Å². The van der Waals surface area contributed by atoms with Crippen molar-refractivity contribution in [2.45, 2.75) is 45.2 Å². The SMILES string of the molecule is C[C@@H]1CCC[C@@H](C)N1C(=O)COc1ccc(C(=O)Nc2ccncc2)cc1. The highest BCUT2D eigenvalue weighted by molar-refractivity contribution is 6.04. The van der Waals surface area contributed by atoms with Gasteiger partial charge in [-0.05, 0) is 69.5 Å². The number of hydrogen-bond donors (Lipinski definition) is 1. The number of carbonyl (C=O) groups is 2. The van der Waals surface area contributed by atoms with Crippen LogP contribution in [0.4, 0.5) is 5.69 Å². The van der Waals surface area contributed by atoms with E-state index in [0.29, 0.717) is 17.0 Å². The van der Waals surface area contributed by atoms with Gasteiger partial charge in [0.15, 0.2) is 6.61 Å².